The molecule has 1 rings (SSSR count). The molecule has 16 heavy (non-hydrogen) atoms. The lowest BCUT2D eigenvalue weighted by atomic mass is 10.1. The Labute approximate surface area is 108 Å². The maximum absolute atomic E-state index is 11.5. The fourth-order valence-corrected chi connectivity index (χ4v) is 1.74. The van der Waals surface area contributed by atoms with E-state index < -0.39 is 11.8 Å². The lowest BCUT2D eigenvalue weighted by molar-refractivity contribution is -0.156. The minimum absolute atomic E-state index is 0.102. The number of rotatable bonds is 4. The Kier molecular flexibility index (Phi) is 4.92. The van der Waals surface area contributed by atoms with Gasteiger partial charge in [0, 0.05) is 9.99 Å². The van der Waals surface area contributed by atoms with Crippen molar-refractivity contribution in [2.45, 2.75) is 26.4 Å². The largest absolute Gasteiger partial charge is 0.457 e. The Morgan fingerprint density at radius 3 is 2.50 bits per heavy atom. The van der Waals surface area contributed by atoms with Gasteiger partial charge in [0.05, 0.1) is 6.10 Å². The molecule has 0 radical (unpaired) electrons. The molecule has 0 saturated carbocycles. The van der Waals surface area contributed by atoms with Crippen LogP contribution < -0.4 is 0 Å². The number of ketones is 1. The monoisotopic (exact) mass is 332 g/mol. The van der Waals surface area contributed by atoms with Gasteiger partial charge < -0.3 is 4.74 Å². The lowest BCUT2D eigenvalue weighted by Crippen LogP contribution is -2.22. The maximum Gasteiger partial charge on any atom is 0.375 e. The molecule has 0 bridgehead atoms. The first kappa shape index (κ1) is 13.2. The van der Waals surface area contributed by atoms with Gasteiger partial charge in [-0.3, -0.25) is 4.79 Å². The number of carbonyl (C=O) groups excluding carboxylic acids is 2. The van der Waals surface area contributed by atoms with E-state index in [4.69, 9.17) is 4.74 Å². The van der Waals surface area contributed by atoms with Gasteiger partial charge in [0.1, 0.15) is 0 Å². The van der Waals surface area contributed by atoms with Crippen LogP contribution in [0.25, 0.3) is 0 Å². The van der Waals surface area contributed by atoms with Crippen LogP contribution in [0.5, 0.6) is 0 Å². The van der Waals surface area contributed by atoms with E-state index in [9.17, 15) is 9.59 Å². The first-order chi connectivity index (χ1) is 7.50. The van der Waals surface area contributed by atoms with Crippen LogP contribution in [0.3, 0.4) is 0 Å². The summed E-state index contributed by atoms with van der Waals surface area (Å²) < 4.78 is 5.81. The van der Waals surface area contributed by atoms with E-state index in [1.54, 1.807) is 13.8 Å². The zero-order chi connectivity index (χ0) is 12.1. The van der Waals surface area contributed by atoms with Crippen LogP contribution in [0.1, 0.15) is 19.4 Å². The summed E-state index contributed by atoms with van der Waals surface area (Å²) in [6.07, 6.45) is -0.156. The third kappa shape index (κ3) is 3.92. The number of hydrogen-bond donors (Lipinski definition) is 0. The van der Waals surface area contributed by atoms with E-state index >= 15 is 0 Å². The van der Waals surface area contributed by atoms with Crippen molar-refractivity contribution >= 4 is 34.3 Å². The molecule has 0 unspecified atom stereocenters. The molecule has 0 amide bonds. The minimum Gasteiger partial charge on any atom is -0.457 e. The average Bonchev–Trinajstić information content (AvgIpc) is 2.20. The molecule has 1 aromatic carbocycles. The molecule has 0 N–H and O–H groups in total. The minimum atomic E-state index is -0.755. The summed E-state index contributed by atoms with van der Waals surface area (Å²) in [6.45, 7) is 3.44. The second kappa shape index (κ2) is 5.98. The normalized spacial score (nSPS) is 10.2. The van der Waals surface area contributed by atoms with E-state index in [1.165, 1.54) is 0 Å². The van der Waals surface area contributed by atoms with Gasteiger partial charge in [-0.2, -0.15) is 0 Å². The molecule has 0 aromatic heterocycles. The van der Waals surface area contributed by atoms with Crippen molar-refractivity contribution < 1.29 is 14.3 Å². The van der Waals surface area contributed by atoms with Crippen molar-refractivity contribution in [2.24, 2.45) is 0 Å². The quantitative estimate of drug-likeness (QED) is 0.483. The van der Waals surface area contributed by atoms with Crippen LogP contribution in [-0.4, -0.2) is 17.9 Å². The highest BCUT2D eigenvalue weighted by Gasteiger charge is 2.17. The number of benzene rings is 1. The van der Waals surface area contributed by atoms with Crippen LogP contribution in [0, 0.1) is 3.57 Å². The predicted octanol–water partition coefficient (Wildman–Crippen LogP) is 2.35. The zero-order valence-corrected chi connectivity index (χ0v) is 11.4. The lowest BCUT2D eigenvalue weighted by Gasteiger charge is -2.07. The van der Waals surface area contributed by atoms with Crippen LogP contribution >= 0.6 is 22.6 Å². The highest BCUT2D eigenvalue weighted by molar-refractivity contribution is 14.1. The molecular weight excluding hydrogens is 319 g/mol. The van der Waals surface area contributed by atoms with Gasteiger partial charge in [-0.1, -0.05) is 18.2 Å². The summed E-state index contributed by atoms with van der Waals surface area (Å²) in [6, 6.07) is 7.47. The Hall–Kier alpha value is -0.910. The molecule has 86 valence electrons. The van der Waals surface area contributed by atoms with Crippen molar-refractivity contribution in [3.8, 4) is 0 Å². The van der Waals surface area contributed by atoms with Crippen molar-refractivity contribution in [3.63, 3.8) is 0 Å². The molecule has 0 spiro atoms. The van der Waals surface area contributed by atoms with Gasteiger partial charge in [-0.25, -0.2) is 4.79 Å². The number of hydrogen-bond acceptors (Lipinski definition) is 3. The van der Waals surface area contributed by atoms with Crippen molar-refractivity contribution in [1.82, 2.24) is 0 Å². The molecule has 0 fully saturated rings. The summed E-state index contributed by atoms with van der Waals surface area (Å²) in [4.78, 5) is 22.8. The number of Topliss-reactive ketones (excluding diaryl/α,β-unsaturated/α-hetero) is 1. The number of esters is 1. The molecule has 0 aliphatic carbocycles. The van der Waals surface area contributed by atoms with E-state index in [1.807, 2.05) is 24.3 Å². The molecule has 4 heteroatoms. The molecule has 1 aromatic rings. The Morgan fingerprint density at radius 1 is 1.31 bits per heavy atom. The smallest absolute Gasteiger partial charge is 0.375 e. The highest BCUT2D eigenvalue weighted by Crippen LogP contribution is 2.12. The third-order valence-electron chi connectivity index (χ3n) is 1.88. The first-order valence-corrected chi connectivity index (χ1v) is 6.05. The van der Waals surface area contributed by atoms with Crippen LogP contribution in [0.2, 0.25) is 0 Å². The van der Waals surface area contributed by atoms with E-state index in [-0.39, 0.29) is 12.5 Å². The van der Waals surface area contributed by atoms with Crippen molar-refractivity contribution in [1.29, 1.82) is 0 Å². The van der Waals surface area contributed by atoms with Crippen LogP contribution in [0.4, 0.5) is 0 Å². The van der Waals surface area contributed by atoms with Crippen LogP contribution in [0.15, 0.2) is 24.3 Å². The first-order valence-electron chi connectivity index (χ1n) is 4.98. The molecule has 3 nitrogen and oxygen atoms in total. The number of halogens is 1. The van der Waals surface area contributed by atoms with Gasteiger partial charge in [0.2, 0.25) is 5.78 Å². The van der Waals surface area contributed by atoms with Gasteiger partial charge in [0.15, 0.2) is 0 Å². The Morgan fingerprint density at radius 2 is 1.94 bits per heavy atom. The maximum atomic E-state index is 11.5. The molecular formula is C12H13IO3. The Bertz CT molecular complexity index is 399. The number of carbonyl (C=O) groups is 2. The summed E-state index contributed by atoms with van der Waals surface area (Å²) in [5, 5.41) is 0. The molecule has 0 atom stereocenters. The van der Waals surface area contributed by atoms with Gasteiger partial charge >= 0.3 is 5.97 Å². The standard InChI is InChI=1S/C12H13IO3/c1-8(2)16-12(15)11(14)7-9-5-3-4-6-10(9)13/h3-6,8H,7H2,1-2H3. The fourth-order valence-electron chi connectivity index (χ4n) is 1.17. The highest BCUT2D eigenvalue weighted by atomic mass is 127. The van der Waals surface area contributed by atoms with Gasteiger partial charge in [0.25, 0.3) is 0 Å². The Balaban J connectivity index is 2.65. The summed E-state index contributed by atoms with van der Waals surface area (Å²) in [7, 11) is 0. The molecule has 0 aliphatic rings. The van der Waals surface area contributed by atoms with Crippen LogP contribution in [-0.2, 0) is 20.7 Å². The summed E-state index contributed by atoms with van der Waals surface area (Å²) in [5.41, 5.74) is 0.855. The molecule has 0 saturated heterocycles. The summed E-state index contributed by atoms with van der Waals surface area (Å²) >= 11 is 2.14. The average molecular weight is 332 g/mol. The van der Waals surface area contributed by atoms with Gasteiger partial charge in [-0.05, 0) is 48.1 Å². The second-order valence-electron chi connectivity index (χ2n) is 3.65. The fraction of sp³-hybridized carbons (Fsp3) is 0.333. The van der Waals surface area contributed by atoms with Crippen molar-refractivity contribution in [2.75, 3.05) is 0 Å². The van der Waals surface area contributed by atoms with E-state index in [0.29, 0.717) is 0 Å². The van der Waals surface area contributed by atoms with E-state index in [2.05, 4.69) is 22.6 Å². The SMILES string of the molecule is CC(C)OC(=O)C(=O)Cc1ccccc1I. The molecule has 0 aliphatic heterocycles. The van der Waals surface area contributed by atoms with Gasteiger partial charge in [-0.15, -0.1) is 0 Å². The third-order valence-corrected chi connectivity index (χ3v) is 2.93. The van der Waals surface area contributed by atoms with Crippen molar-refractivity contribution in [3.05, 3.63) is 33.4 Å². The predicted molar refractivity (Wildman–Crippen MR) is 69.1 cm³/mol. The molecule has 0 heterocycles. The van der Waals surface area contributed by atoms with E-state index in [0.717, 1.165) is 9.13 Å². The topological polar surface area (TPSA) is 43.4 Å². The zero-order valence-electron chi connectivity index (χ0n) is 9.20. The number of ether oxygens (including phenoxy) is 1. The second-order valence-corrected chi connectivity index (χ2v) is 4.81. The summed E-state index contributed by atoms with van der Waals surface area (Å²) in [5.74, 6) is -1.26.